The second-order valence-electron chi connectivity index (χ2n) is 6.26. The van der Waals surface area contributed by atoms with Crippen molar-refractivity contribution in [2.24, 2.45) is 0 Å². The molecule has 4 nitrogen and oxygen atoms in total. The Morgan fingerprint density at radius 3 is 2.40 bits per heavy atom. The van der Waals surface area contributed by atoms with Gasteiger partial charge in [0, 0.05) is 18.3 Å². The highest BCUT2D eigenvalue weighted by Crippen LogP contribution is 2.22. The zero-order chi connectivity index (χ0) is 15.6. The van der Waals surface area contributed by atoms with Gasteiger partial charge in [0.2, 0.25) is 0 Å². The summed E-state index contributed by atoms with van der Waals surface area (Å²) >= 11 is 0. The lowest BCUT2D eigenvalue weighted by Crippen LogP contribution is -2.36. The molecular weight excluding hydrogens is 272 g/mol. The van der Waals surface area contributed by atoms with Gasteiger partial charge >= 0.3 is 0 Å². The molecule has 0 spiro atoms. The Balaban J connectivity index is 2.71. The summed E-state index contributed by atoms with van der Waals surface area (Å²) in [5.74, 6) is 0.166. The fraction of sp³-hybridized carbons (Fsp3) is 0.600. The minimum absolute atomic E-state index is 0.133. The van der Waals surface area contributed by atoms with Crippen molar-refractivity contribution >= 4 is 15.5 Å². The van der Waals surface area contributed by atoms with Crippen LogP contribution in [-0.4, -0.2) is 37.4 Å². The van der Waals surface area contributed by atoms with E-state index >= 15 is 0 Å². The summed E-state index contributed by atoms with van der Waals surface area (Å²) in [5, 5.41) is 0. The predicted molar refractivity (Wildman–Crippen MR) is 85.4 cm³/mol. The molecule has 1 unspecified atom stereocenters. The van der Waals surface area contributed by atoms with Gasteiger partial charge in [0.25, 0.3) is 0 Å². The van der Waals surface area contributed by atoms with Crippen LogP contribution in [0.25, 0.3) is 0 Å². The molecule has 1 aromatic rings. The maximum absolute atomic E-state index is 12.1. The largest absolute Gasteiger partial charge is 0.399 e. The number of nitrogens with zero attached hydrogens (tertiary/aromatic N) is 1. The fourth-order valence-corrected chi connectivity index (χ4v) is 2.98. The van der Waals surface area contributed by atoms with E-state index < -0.39 is 14.6 Å². The summed E-state index contributed by atoms with van der Waals surface area (Å²) in [6, 6.07) is 7.84. The number of hydrogen-bond donors (Lipinski definition) is 1. The molecule has 0 aliphatic heterocycles. The van der Waals surface area contributed by atoms with Gasteiger partial charge in [0.1, 0.15) is 0 Å². The van der Waals surface area contributed by atoms with Gasteiger partial charge in [0.05, 0.1) is 10.5 Å². The Kier molecular flexibility index (Phi) is 5.21. The number of benzene rings is 1. The van der Waals surface area contributed by atoms with Crippen LogP contribution in [-0.2, 0) is 9.84 Å². The summed E-state index contributed by atoms with van der Waals surface area (Å²) in [6.07, 6.45) is 0. The van der Waals surface area contributed by atoms with Crippen molar-refractivity contribution in [1.29, 1.82) is 0 Å². The molecule has 114 valence electrons. The van der Waals surface area contributed by atoms with E-state index in [1.165, 1.54) is 0 Å². The molecule has 0 aliphatic rings. The van der Waals surface area contributed by atoms with E-state index in [4.69, 9.17) is 5.73 Å². The topological polar surface area (TPSA) is 63.4 Å². The second kappa shape index (κ2) is 6.14. The molecule has 0 fully saturated rings. The van der Waals surface area contributed by atoms with Gasteiger partial charge in [-0.1, -0.05) is 12.1 Å². The lowest BCUT2D eigenvalue weighted by atomic mass is 10.1. The van der Waals surface area contributed by atoms with E-state index in [9.17, 15) is 8.42 Å². The van der Waals surface area contributed by atoms with Crippen molar-refractivity contribution < 1.29 is 8.42 Å². The first-order valence-electron chi connectivity index (χ1n) is 6.82. The predicted octanol–water partition coefficient (Wildman–Crippen LogP) is 2.47. The minimum atomic E-state index is -3.08. The molecule has 1 atom stereocenters. The zero-order valence-electron chi connectivity index (χ0n) is 13.1. The van der Waals surface area contributed by atoms with Gasteiger partial charge in [-0.05, 0) is 52.4 Å². The number of nitrogens with two attached hydrogens (primary N) is 1. The normalized spacial score (nSPS) is 14.5. The van der Waals surface area contributed by atoms with Crippen LogP contribution in [0.15, 0.2) is 24.3 Å². The van der Waals surface area contributed by atoms with E-state index in [1.807, 2.05) is 36.2 Å². The minimum Gasteiger partial charge on any atom is -0.399 e. The first-order chi connectivity index (χ1) is 9.04. The number of hydrogen-bond acceptors (Lipinski definition) is 4. The van der Waals surface area contributed by atoms with Crippen LogP contribution < -0.4 is 5.73 Å². The molecule has 5 heteroatoms. The molecule has 0 aromatic heterocycles. The lowest BCUT2D eigenvalue weighted by molar-refractivity contribution is 0.276. The van der Waals surface area contributed by atoms with Crippen LogP contribution in [0.3, 0.4) is 0 Å². The zero-order valence-corrected chi connectivity index (χ0v) is 13.9. The first kappa shape index (κ1) is 17.0. The Labute approximate surface area is 122 Å². The van der Waals surface area contributed by atoms with Gasteiger partial charge in [0.15, 0.2) is 9.84 Å². The van der Waals surface area contributed by atoms with Crippen molar-refractivity contribution in [2.45, 2.75) is 38.5 Å². The van der Waals surface area contributed by atoms with Gasteiger partial charge < -0.3 is 5.73 Å². The molecule has 0 saturated carbocycles. The molecule has 2 N–H and O–H groups in total. The fourth-order valence-electron chi connectivity index (χ4n) is 1.84. The highest BCUT2D eigenvalue weighted by Gasteiger charge is 2.29. The van der Waals surface area contributed by atoms with Crippen LogP contribution >= 0.6 is 0 Å². The molecule has 0 saturated heterocycles. The lowest BCUT2D eigenvalue weighted by Gasteiger charge is -2.27. The van der Waals surface area contributed by atoms with Crippen LogP contribution in [0.5, 0.6) is 0 Å². The monoisotopic (exact) mass is 298 g/mol. The van der Waals surface area contributed by atoms with Gasteiger partial charge in [-0.15, -0.1) is 0 Å². The molecular formula is C15H26N2O2S. The Morgan fingerprint density at radius 1 is 1.30 bits per heavy atom. The number of rotatable bonds is 5. The van der Waals surface area contributed by atoms with Crippen molar-refractivity contribution in [2.75, 3.05) is 25.1 Å². The average molecular weight is 298 g/mol. The Morgan fingerprint density at radius 2 is 1.90 bits per heavy atom. The second-order valence-corrected chi connectivity index (χ2v) is 9.12. The Hall–Kier alpha value is -1.07. The molecule has 0 radical (unpaired) electrons. The third-order valence-corrected chi connectivity index (χ3v) is 6.29. The van der Waals surface area contributed by atoms with Crippen LogP contribution in [0, 0.1) is 0 Å². The summed E-state index contributed by atoms with van der Waals surface area (Å²) in [4.78, 5) is 2.04. The van der Waals surface area contributed by atoms with Crippen molar-refractivity contribution in [3.05, 3.63) is 29.8 Å². The van der Waals surface area contributed by atoms with E-state index in [2.05, 4.69) is 6.92 Å². The van der Waals surface area contributed by atoms with Gasteiger partial charge in [-0.25, -0.2) is 8.42 Å². The highest BCUT2D eigenvalue weighted by atomic mass is 32.2. The standard InChI is InChI=1S/C15H26N2O2S/c1-12(13-7-6-8-14(16)11-13)17(5)9-10-20(18,19)15(2,3)4/h6-8,11-12H,9-10,16H2,1-5H3. The summed E-state index contributed by atoms with van der Waals surface area (Å²) in [5.41, 5.74) is 7.61. The smallest absolute Gasteiger partial charge is 0.156 e. The number of anilines is 1. The van der Waals surface area contributed by atoms with Gasteiger partial charge in [-0.3, -0.25) is 4.90 Å². The van der Waals surface area contributed by atoms with Gasteiger partial charge in [-0.2, -0.15) is 0 Å². The first-order valence-corrected chi connectivity index (χ1v) is 8.48. The van der Waals surface area contributed by atoms with Crippen LogP contribution in [0.1, 0.15) is 39.3 Å². The highest BCUT2D eigenvalue weighted by molar-refractivity contribution is 7.92. The molecule has 0 heterocycles. The quantitative estimate of drug-likeness (QED) is 0.848. The van der Waals surface area contributed by atoms with Crippen molar-refractivity contribution in [3.63, 3.8) is 0 Å². The Bertz CT molecular complexity index is 547. The molecule has 0 bridgehead atoms. The third-order valence-electron chi connectivity index (χ3n) is 3.70. The van der Waals surface area contributed by atoms with E-state index in [1.54, 1.807) is 20.8 Å². The SMILES string of the molecule is CC(c1cccc(N)c1)N(C)CCS(=O)(=O)C(C)(C)C. The van der Waals surface area contributed by atoms with E-state index in [-0.39, 0.29) is 11.8 Å². The van der Waals surface area contributed by atoms with Crippen LogP contribution in [0.2, 0.25) is 0 Å². The molecule has 0 aliphatic carbocycles. The van der Waals surface area contributed by atoms with Crippen molar-refractivity contribution in [3.8, 4) is 0 Å². The maximum Gasteiger partial charge on any atom is 0.156 e. The molecule has 1 aromatic carbocycles. The summed E-state index contributed by atoms with van der Waals surface area (Å²) in [7, 11) is -1.15. The van der Waals surface area contributed by atoms with E-state index in [0.717, 1.165) is 11.3 Å². The van der Waals surface area contributed by atoms with E-state index in [0.29, 0.717) is 6.54 Å². The number of nitrogen functional groups attached to an aromatic ring is 1. The average Bonchev–Trinajstić information content (AvgIpc) is 2.33. The molecule has 1 rings (SSSR count). The van der Waals surface area contributed by atoms with Crippen LogP contribution in [0.4, 0.5) is 5.69 Å². The summed E-state index contributed by atoms with van der Waals surface area (Å²) in [6.45, 7) is 7.78. The summed E-state index contributed by atoms with van der Waals surface area (Å²) < 4.78 is 23.5. The maximum atomic E-state index is 12.1. The van der Waals surface area contributed by atoms with Crippen molar-refractivity contribution in [1.82, 2.24) is 4.90 Å². The molecule has 0 amide bonds. The number of sulfone groups is 1. The third kappa shape index (κ3) is 4.21. The molecule has 20 heavy (non-hydrogen) atoms.